The number of ether oxygens (including phenoxy) is 2. The zero-order valence-corrected chi connectivity index (χ0v) is 17.4. The largest absolute Gasteiger partial charge is 0.493 e. The molecule has 0 saturated carbocycles. The average molecular weight is 424 g/mol. The molecule has 3 aromatic rings. The molecule has 3 aromatic carbocycles. The molecule has 1 amide bonds. The maximum atomic E-state index is 12.3. The minimum atomic E-state index is -0.949. The van der Waals surface area contributed by atoms with Crippen molar-refractivity contribution < 1.29 is 14.3 Å². The summed E-state index contributed by atoms with van der Waals surface area (Å²) in [6, 6.07) is 25.3. The predicted octanol–water partition coefficient (Wildman–Crippen LogP) is 3.90. The molecule has 0 aromatic heterocycles. The van der Waals surface area contributed by atoms with Gasteiger partial charge in [-0.2, -0.15) is 15.6 Å². The van der Waals surface area contributed by atoms with E-state index in [9.17, 15) is 15.3 Å². The second-order valence-corrected chi connectivity index (χ2v) is 6.67. The van der Waals surface area contributed by atoms with Gasteiger partial charge in [-0.05, 0) is 35.4 Å². The zero-order chi connectivity index (χ0) is 22.8. The number of benzene rings is 3. The monoisotopic (exact) mass is 424 g/mol. The highest BCUT2D eigenvalue weighted by Crippen LogP contribution is 2.28. The van der Waals surface area contributed by atoms with Crippen LogP contribution < -0.4 is 14.9 Å². The maximum Gasteiger partial charge on any atom is 0.261 e. The number of nitrogens with zero attached hydrogens (tertiary/aromatic N) is 3. The van der Waals surface area contributed by atoms with Gasteiger partial charge in [-0.25, -0.2) is 5.43 Å². The van der Waals surface area contributed by atoms with Gasteiger partial charge >= 0.3 is 0 Å². The first-order valence-corrected chi connectivity index (χ1v) is 9.72. The lowest BCUT2D eigenvalue weighted by atomic mass is 10.0. The Morgan fingerprint density at radius 2 is 1.81 bits per heavy atom. The van der Waals surface area contributed by atoms with Crippen molar-refractivity contribution in [2.45, 2.75) is 12.5 Å². The highest BCUT2D eigenvalue weighted by atomic mass is 16.5. The van der Waals surface area contributed by atoms with Crippen molar-refractivity contribution in [2.24, 2.45) is 5.10 Å². The third kappa shape index (κ3) is 5.50. The number of hydrazone groups is 1. The van der Waals surface area contributed by atoms with E-state index in [0.717, 1.165) is 5.56 Å². The van der Waals surface area contributed by atoms with E-state index in [1.165, 1.54) is 13.3 Å². The van der Waals surface area contributed by atoms with Crippen LogP contribution in [0.15, 0.2) is 77.9 Å². The number of methoxy groups -OCH3 is 1. The first kappa shape index (κ1) is 22.1. The summed E-state index contributed by atoms with van der Waals surface area (Å²) in [7, 11) is 1.52. The number of nitrogens with one attached hydrogen (secondary N) is 1. The molecule has 158 valence electrons. The van der Waals surface area contributed by atoms with Gasteiger partial charge in [0, 0.05) is 5.56 Å². The lowest BCUT2D eigenvalue weighted by molar-refractivity contribution is -0.121. The number of nitriles is 2. The normalized spacial score (nSPS) is 11.2. The molecule has 1 N–H and O–H groups in total. The van der Waals surface area contributed by atoms with Crippen LogP contribution in [0.3, 0.4) is 0 Å². The minimum Gasteiger partial charge on any atom is -0.493 e. The Labute approximate surface area is 186 Å². The summed E-state index contributed by atoms with van der Waals surface area (Å²) in [5, 5.41) is 22.5. The number of amides is 1. The molecule has 0 radical (unpaired) electrons. The zero-order valence-electron chi connectivity index (χ0n) is 17.4. The number of carbonyl (C=O) groups excluding carboxylic acids is 1. The molecule has 0 fully saturated rings. The standard InChI is InChI=1S/C25H20N4O3/c1-31-24-13-18(11-12-23(24)32-17-21-10-6-5-9-20(21)14-26)16-28-29-25(30)22(15-27)19-7-3-2-4-8-19/h2-13,16,22H,17H2,1H3,(H,29,30)/b28-16-/t22-/m1/s1. The molecule has 0 saturated heterocycles. The molecule has 0 aliphatic carbocycles. The smallest absolute Gasteiger partial charge is 0.261 e. The Hall–Kier alpha value is -4.62. The fourth-order valence-electron chi connectivity index (χ4n) is 2.96. The van der Waals surface area contributed by atoms with E-state index < -0.39 is 11.8 Å². The van der Waals surface area contributed by atoms with Crippen molar-refractivity contribution in [3.63, 3.8) is 0 Å². The van der Waals surface area contributed by atoms with E-state index >= 15 is 0 Å². The predicted molar refractivity (Wildman–Crippen MR) is 119 cm³/mol. The van der Waals surface area contributed by atoms with Crippen molar-refractivity contribution in [3.05, 3.63) is 95.1 Å². The molecule has 0 heterocycles. The van der Waals surface area contributed by atoms with Crippen LogP contribution in [0.4, 0.5) is 0 Å². The van der Waals surface area contributed by atoms with E-state index in [0.29, 0.717) is 28.2 Å². The van der Waals surface area contributed by atoms with Crippen LogP contribution in [-0.4, -0.2) is 19.2 Å². The summed E-state index contributed by atoms with van der Waals surface area (Å²) >= 11 is 0. The second-order valence-electron chi connectivity index (χ2n) is 6.67. The van der Waals surface area contributed by atoms with Gasteiger partial charge in [-0.3, -0.25) is 4.79 Å². The van der Waals surface area contributed by atoms with Crippen LogP contribution in [0.2, 0.25) is 0 Å². The van der Waals surface area contributed by atoms with Gasteiger partial charge in [0.2, 0.25) is 0 Å². The summed E-state index contributed by atoms with van der Waals surface area (Å²) in [6.07, 6.45) is 1.45. The molecule has 1 atom stereocenters. The SMILES string of the molecule is COc1cc(/C=N\NC(=O)[C@H](C#N)c2ccccc2)ccc1OCc1ccccc1C#N. The molecule has 32 heavy (non-hydrogen) atoms. The van der Waals surface area contributed by atoms with Gasteiger partial charge in [0.25, 0.3) is 5.91 Å². The Kier molecular flexibility index (Phi) is 7.56. The Bertz CT molecular complexity index is 1190. The minimum absolute atomic E-state index is 0.221. The Morgan fingerprint density at radius 1 is 1.06 bits per heavy atom. The van der Waals surface area contributed by atoms with Gasteiger partial charge in [0.15, 0.2) is 17.4 Å². The second kappa shape index (κ2) is 11.0. The van der Waals surface area contributed by atoms with Crippen LogP contribution in [0.1, 0.15) is 28.2 Å². The summed E-state index contributed by atoms with van der Waals surface area (Å²) in [6.45, 7) is 0.221. The molecule has 7 nitrogen and oxygen atoms in total. The quantitative estimate of drug-likeness (QED) is 0.436. The van der Waals surface area contributed by atoms with Crippen molar-refractivity contribution in [2.75, 3.05) is 7.11 Å². The molecular formula is C25H20N4O3. The topological polar surface area (TPSA) is 108 Å². The number of carbonyl (C=O) groups is 1. The third-order valence-corrected chi connectivity index (χ3v) is 4.62. The molecule has 0 aliphatic heterocycles. The van der Waals surface area contributed by atoms with Crippen molar-refractivity contribution in [1.29, 1.82) is 10.5 Å². The van der Waals surface area contributed by atoms with Gasteiger partial charge in [0.05, 0.1) is 31.0 Å². The fraction of sp³-hybridized carbons (Fsp3) is 0.120. The first-order chi connectivity index (χ1) is 15.7. The van der Waals surface area contributed by atoms with Crippen molar-refractivity contribution in [1.82, 2.24) is 5.43 Å². The Balaban J connectivity index is 1.65. The van der Waals surface area contributed by atoms with Gasteiger partial charge < -0.3 is 9.47 Å². The van der Waals surface area contributed by atoms with Crippen LogP contribution >= 0.6 is 0 Å². The van der Waals surface area contributed by atoms with Crippen LogP contribution in [-0.2, 0) is 11.4 Å². The number of hydrogen-bond acceptors (Lipinski definition) is 6. The summed E-state index contributed by atoms with van der Waals surface area (Å²) in [4.78, 5) is 12.3. The van der Waals surface area contributed by atoms with Crippen LogP contribution in [0.25, 0.3) is 0 Å². The highest BCUT2D eigenvalue weighted by Gasteiger charge is 2.19. The molecule has 0 spiro atoms. The fourth-order valence-corrected chi connectivity index (χ4v) is 2.96. The summed E-state index contributed by atoms with van der Waals surface area (Å²) in [5.74, 6) is -0.475. The highest BCUT2D eigenvalue weighted by molar-refractivity contribution is 5.88. The lowest BCUT2D eigenvalue weighted by Crippen LogP contribution is -2.24. The van der Waals surface area contributed by atoms with E-state index in [1.54, 1.807) is 54.6 Å². The van der Waals surface area contributed by atoms with E-state index in [2.05, 4.69) is 16.6 Å². The maximum absolute atomic E-state index is 12.3. The summed E-state index contributed by atoms with van der Waals surface area (Å²) in [5.41, 5.74) is 4.99. The average Bonchev–Trinajstić information content (AvgIpc) is 2.84. The van der Waals surface area contributed by atoms with Crippen molar-refractivity contribution in [3.8, 4) is 23.6 Å². The van der Waals surface area contributed by atoms with E-state index in [-0.39, 0.29) is 6.61 Å². The van der Waals surface area contributed by atoms with Crippen molar-refractivity contribution >= 4 is 12.1 Å². The molecule has 0 bridgehead atoms. The number of hydrogen-bond donors (Lipinski definition) is 1. The molecule has 0 aliphatic rings. The molecule has 7 heteroatoms. The van der Waals surface area contributed by atoms with Gasteiger partial charge in [-0.15, -0.1) is 0 Å². The third-order valence-electron chi connectivity index (χ3n) is 4.62. The molecular weight excluding hydrogens is 404 g/mol. The van der Waals surface area contributed by atoms with E-state index in [4.69, 9.17) is 9.47 Å². The number of rotatable bonds is 8. The van der Waals surface area contributed by atoms with Crippen LogP contribution in [0, 0.1) is 22.7 Å². The summed E-state index contributed by atoms with van der Waals surface area (Å²) < 4.78 is 11.2. The van der Waals surface area contributed by atoms with E-state index in [1.807, 2.05) is 24.3 Å². The van der Waals surface area contributed by atoms with Gasteiger partial charge in [-0.1, -0.05) is 48.5 Å². The van der Waals surface area contributed by atoms with Gasteiger partial charge in [0.1, 0.15) is 6.61 Å². The molecule has 3 rings (SSSR count). The Morgan fingerprint density at radius 3 is 2.53 bits per heavy atom. The lowest BCUT2D eigenvalue weighted by Gasteiger charge is -2.12. The first-order valence-electron chi connectivity index (χ1n) is 9.72. The van der Waals surface area contributed by atoms with Crippen LogP contribution in [0.5, 0.6) is 11.5 Å². The molecule has 0 unspecified atom stereocenters.